The summed E-state index contributed by atoms with van der Waals surface area (Å²) in [5.41, 5.74) is 0. The third-order valence-electron chi connectivity index (χ3n) is 1.33. The summed E-state index contributed by atoms with van der Waals surface area (Å²) in [6, 6.07) is 0. The number of rotatable bonds is 5. The maximum absolute atomic E-state index is 10.7. The molecule has 0 rings (SSSR count). The minimum atomic E-state index is -0.329. The molecule has 0 saturated heterocycles. The van der Waals surface area contributed by atoms with Crippen LogP contribution in [0.1, 0.15) is 26.7 Å². The Bertz CT molecular complexity index is 248. The molecule has 92 valence electrons. The fourth-order valence-corrected chi connectivity index (χ4v) is 0.694. The van der Waals surface area contributed by atoms with Crippen LogP contribution in [0.25, 0.3) is 0 Å². The van der Waals surface area contributed by atoms with E-state index in [1.807, 2.05) is 0 Å². The Hall–Kier alpha value is -1.36. The predicted octanol–water partition coefficient (Wildman–Crippen LogP) is 0.902. The van der Waals surface area contributed by atoms with E-state index in [2.05, 4.69) is 24.8 Å². The number of unbranched alkanes of at least 4 members (excludes halogenated alkanes) is 1. The molecule has 0 radical (unpaired) electrons. The lowest BCUT2D eigenvalue weighted by Gasteiger charge is -2.01. The lowest BCUT2D eigenvalue weighted by Crippen LogP contribution is -2.07. The molecule has 0 aliphatic heterocycles. The topological polar surface area (TPSA) is 52.6 Å². The second kappa shape index (κ2) is 11.7. The maximum atomic E-state index is 10.7. The number of hydrogen-bond acceptors (Lipinski definition) is 4. The molecule has 0 spiro atoms. The molecule has 4 nitrogen and oxygen atoms in total. The van der Waals surface area contributed by atoms with Crippen molar-refractivity contribution in [2.75, 3.05) is 6.61 Å². The predicted molar refractivity (Wildman–Crippen MR) is 66.9 cm³/mol. The van der Waals surface area contributed by atoms with Gasteiger partial charge in [0.25, 0.3) is 0 Å². The van der Waals surface area contributed by atoms with Crippen LogP contribution in [0.4, 0.5) is 0 Å². The van der Waals surface area contributed by atoms with Crippen molar-refractivity contribution in [2.24, 2.45) is 0 Å². The van der Waals surface area contributed by atoms with Crippen LogP contribution in [0.5, 0.6) is 0 Å². The summed E-state index contributed by atoms with van der Waals surface area (Å²) in [6.07, 6.45) is 3.10. The van der Waals surface area contributed by atoms with Gasteiger partial charge in [-0.15, -0.1) is 0 Å². The van der Waals surface area contributed by atoms with Gasteiger partial charge in [-0.1, -0.05) is 26.5 Å². The third-order valence-corrected chi connectivity index (χ3v) is 1.74. The molecule has 0 unspecified atom stereocenters. The Morgan fingerprint density at radius 3 is 2.25 bits per heavy atom. The molecule has 0 bridgehead atoms. The Morgan fingerprint density at radius 1 is 1.44 bits per heavy atom. The number of esters is 2. The van der Waals surface area contributed by atoms with Crippen molar-refractivity contribution in [1.82, 2.24) is 0 Å². The van der Waals surface area contributed by atoms with Gasteiger partial charge < -0.3 is 9.47 Å². The van der Waals surface area contributed by atoms with Gasteiger partial charge in [0.15, 0.2) is 0 Å². The highest BCUT2D eigenvalue weighted by atomic mass is 28.1. The van der Waals surface area contributed by atoms with E-state index in [0.29, 0.717) is 22.0 Å². The van der Waals surface area contributed by atoms with Gasteiger partial charge in [-0.3, -0.25) is 4.79 Å². The molecule has 0 fully saturated rings. The van der Waals surface area contributed by atoms with E-state index in [9.17, 15) is 9.59 Å². The molecule has 0 aliphatic rings. The van der Waals surface area contributed by atoms with Gasteiger partial charge in [-0.25, -0.2) is 4.79 Å². The van der Waals surface area contributed by atoms with Crippen molar-refractivity contribution in [1.29, 1.82) is 0 Å². The molecule has 0 aromatic heterocycles. The molecule has 0 amide bonds. The minimum absolute atomic E-state index is 0.222. The second-order valence-electron chi connectivity index (χ2n) is 3.05. The first-order valence-corrected chi connectivity index (χ1v) is 6.06. The van der Waals surface area contributed by atoms with Crippen molar-refractivity contribution in [2.45, 2.75) is 26.7 Å². The van der Waals surface area contributed by atoms with E-state index in [0.717, 1.165) is 19.1 Å². The normalized spacial score (nSPS) is 8.38. The number of hydrogen-bond donors (Lipinski definition) is 0. The molecule has 0 aromatic carbocycles. The van der Waals surface area contributed by atoms with Gasteiger partial charge in [0, 0.05) is 22.4 Å². The molecule has 0 heterocycles. The third kappa shape index (κ3) is 15.1. The summed E-state index contributed by atoms with van der Waals surface area (Å²) in [7, 11) is 0.702. The SMILES string of the molecule is C=C([SiH3])C(=O)OCCCC.C=COC(C)=O. The van der Waals surface area contributed by atoms with Crippen LogP contribution in [0, 0.1) is 0 Å². The zero-order valence-electron chi connectivity index (χ0n) is 10.2. The Morgan fingerprint density at radius 2 is 2.00 bits per heavy atom. The van der Waals surface area contributed by atoms with Crippen molar-refractivity contribution >= 4 is 22.2 Å². The van der Waals surface area contributed by atoms with E-state index >= 15 is 0 Å². The molecule has 16 heavy (non-hydrogen) atoms. The van der Waals surface area contributed by atoms with Gasteiger partial charge in [0.1, 0.15) is 0 Å². The summed E-state index contributed by atoms with van der Waals surface area (Å²) >= 11 is 0. The molecule has 0 aliphatic carbocycles. The zero-order valence-corrected chi connectivity index (χ0v) is 12.2. The van der Waals surface area contributed by atoms with E-state index in [1.165, 1.54) is 6.92 Å². The summed E-state index contributed by atoms with van der Waals surface area (Å²) in [4.78, 5) is 20.5. The monoisotopic (exact) mass is 244 g/mol. The largest absolute Gasteiger partial charge is 0.463 e. The lowest BCUT2D eigenvalue weighted by atomic mass is 10.4. The summed E-state index contributed by atoms with van der Waals surface area (Å²) in [5, 5.41) is 0.608. The molecule has 5 heteroatoms. The zero-order chi connectivity index (χ0) is 13.0. The standard InChI is InChI=1S/C7H14O2Si.C4H6O2/c1-3-4-5-9-7(8)6(2)10;1-3-6-4(2)5/h2-5H2,1,10H3;3H,1H2,2H3. The van der Waals surface area contributed by atoms with E-state index in [1.54, 1.807) is 0 Å². The van der Waals surface area contributed by atoms with E-state index < -0.39 is 0 Å². The molecule has 0 N–H and O–H groups in total. The van der Waals surface area contributed by atoms with Gasteiger partial charge in [-0.2, -0.15) is 0 Å². The first kappa shape index (κ1) is 17.0. The first-order chi connectivity index (χ1) is 7.45. The molecular weight excluding hydrogens is 224 g/mol. The second-order valence-corrected chi connectivity index (χ2v) is 4.25. The van der Waals surface area contributed by atoms with Crippen LogP contribution in [0.2, 0.25) is 0 Å². The van der Waals surface area contributed by atoms with Crippen LogP contribution in [-0.2, 0) is 19.1 Å². The fourth-order valence-electron chi connectivity index (χ4n) is 0.550. The average molecular weight is 244 g/mol. The highest BCUT2D eigenvalue weighted by Crippen LogP contribution is 1.92. The van der Waals surface area contributed by atoms with Crippen molar-refractivity contribution < 1.29 is 19.1 Å². The Balaban J connectivity index is 0. The van der Waals surface area contributed by atoms with Gasteiger partial charge in [0.05, 0.1) is 12.9 Å². The highest BCUT2D eigenvalue weighted by molar-refractivity contribution is 6.34. The number of carbonyl (C=O) groups is 2. The van der Waals surface area contributed by atoms with Crippen LogP contribution in [0.3, 0.4) is 0 Å². The van der Waals surface area contributed by atoms with Crippen LogP contribution < -0.4 is 0 Å². The molecular formula is C11H20O4Si. The van der Waals surface area contributed by atoms with Gasteiger partial charge in [-0.05, 0) is 6.42 Å². The fraction of sp³-hybridized carbons (Fsp3) is 0.455. The van der Waals surface area contributed by atoms with Crippen molar-refractivity contribution in [3.63, 3.8) is 0 Å². The van der Waals surface area contributed by atoms with Crippen molar-refractivity contribution in [3.05, 3.63) is 24.6 Å². The van der Waals surface area contributed by atoms with Crippen LogP contribution >= 0.6 is 0 Å². The first-order valence-electron chi connectivity index (χ1n) is 5.06. The molecule has 0 atom stereocenters. The Labute approximate surface area is 99.7 Å². The molecule has 0 saturated carbocycles. The van der Waals surface area contributed by atoms with Crippen LogP contribution in [-0.4, -0.2) is 28.8 Å². The van der Waals surface area contributed by atoms with E-state index in [-0.39, 0.29) is 11.9 Å². The quantitative estimate of drug-likeness (QED) is 0.237. The number of ether oxygens (including phenoxy) is 2. The van der Waals surface area contributed by atoms with Gasteiger partial charge >= 0.3 is 11.9 Å². The molecule has 0 aromatic rings. The van der Waals surface area contributed by atoms with Crippen molar-refractivity contribution in [3.8, 4) is 0 Å². The minimum Gasteiger partial charge on any atom is -0.463 e. The summed E-state index contributed by atoms with van der Waals surface area (Å²) in [6.45, 7) is 10.6. The Kier molecular flexibility index (Phi) is 12.5. The summed E-state index contributed by atoms with van der Waals surface area (Å²) in [5.74, 6) is -0.551. The average Bonchev–Trinajstić information content (AvgIpc) is 2.18. The smallest absolute Gasteiger partial charge is 0.328 e. The van der Waals surface area contributed by atoms with Gasteiger partial charge in [0.2, 0.25) is 0 Å². The van der Waals surface area contributed by atoms with Crippen LogP contribution in [0.15, 0.2) is 24.6 Å². The highest BCUT2D eigenvalue weighted by Gasteiger charge is 2.00. The lowest BCUT2D eigenvalue weighted by molar-refractivity contribution is -0.138. The summed E-state index contributed by atoms with van der Waals surface area (Å²) < 4.78 is 9.01. The van der Waals surface area contributed by atoms with E-state index in [4.69, 9.17) is 4.74 Å². The maximum Gasteiger partial charge on any atom is 0.328 e. The number of carbonyl (C=O) groups excluding carboxylic acids is 2.